The molecular formula is C24H30FN5O3. The molecule has 2 aliphatic heterocycles. The van der Waals surface area contributed by atoms with Gasteiger partial charge in [-0.15, -0.1) is 0 Å². The minimum absolute atomic E-state index is 0.201. The lowest BCUT2D eigenvalue weighted by Crippen LogP contribution is -2.50. The largest absolute Gasteiger partial charge is 0.497 e. The molecule has 2 fully saturated rings. The Morgan fingerprint density at radius 2 is 2.03 bits per heavy atom. The van der Waals surface area contributed by atoms with Crippen molar-refractivity contribution in [2.45, 2.75) is 58.2 Å². The standard InChI is InChI=1S/C24H30FN5O3/c1-13-9-16(27-17-6-8-32-12-17)5-7-30(13)23-21(24-26-15(3)29-33-24)14(2)19-10-18(31-4)11-20(25)22(19)28-23/h10-11,13,16-17,27H,5-9,12H2,1-4H3/t13-,16-,17?/m1/s1. The first kappa shape index (κ1) is 22.0. The molecule has 8 nitrogen and oxygen atoms in total. The van der Waals surface area contributed by atoms with Gasteiger partial charge in [0.2, 0.25) is 0 Å². The normalized spacial score (nSPS) is 23.4. The molecule has 5 rings (SSSR count). The summed E-state index contributed by atoms with van der Waals surface area (Å²) in [5, 5.41) is 8.41. The number of fused-ring (bicyclic) bond motifs is 1. The van der Waals surface area contributed by atoms with E-state index in [0.29, 0.717) is 46.3 Å². The SMILES string of the molecule is COc1cc(F)c2nc(N3CC[C@@H](NC4CCOC4)C[C@H]3C)c(-c3nc(C)no3)c(C)c2c1. The van der Waals surface area contributed by atoms with Crippen LogP contribution in [0.5, 0.6) is 5.75 Å². The van der Waals surface area contributed by atoms with Crippen molar-refractivity contribution in [2.24, 2.45) is 0 Å². The van der Waals surface area contributed by atoms with Crippen molar-refractivity contribution in [1.29, 1.82) is 0 Å². The number of pyridine rings is 1. The van der Waals surface area contributed by atoms with Gasteiger partial charge in [0.25, 0.3) is 5.89 Å². The Balaban J connectivity index is 1.56. The molecule has 2 saturated heterocycles. The Bertz CT molecular complexity index is 1160. The van der Waals surface area contributed by atoms with Crippen LogP contribution in [0.2, 0.25) is 0 Å². The van der Waals surface area contributed by atoms with Crippen molar-refractivity contribution in [1.82, 2.24) is 20.4 Å². The van der Waals surface area contributed by atoms with Gasteiger partial charge in [-0.3, -0.25) is 0 Å². The minimum atomic E-state index is -0.410. The van der Waals surface area contributed by atoms with Gasteiger partial charge in [0.1, 0.15) is 17.1 Å². The molecule has 0 bridgehead atoms. The summed E-state index contributed by atoms with van der Waals surface area (Å²) < 4.78 is 31.4. The lowest BCUT2D eigenvalue weighted by atomic mass is 9.95. The second-order valence-electron chi connectivity index (χ2n) is 9.08. The molecule has 1 N–H and O–H groups in total. The number of aromatic nitrogens is 3. The van der Waals surface area contributed by atoms with Gasteiger partial charge in [-0.25, -0.2) is 9.37 Å². The van der Waals surface area contributed by atoms with E-state index in [4.69, 9.17) is 19.0 Å². The molecule has 0 amide bonds. The van der Waals surface area contributed by atoms with Crippen molar-refractivity contribution in [3.8, 4) is 17.2 Å². The fourth-order valence-corrected chi connectivity index (χ4v) is 5.06. The summed E-state index contributed by atoms with van der Waals surface area (Å²) in [6.45, 7) is 8.32. The number of rotatable bonds is 5. The average Bonchev–Trinajstić information content (AvgIpc) is 3.46. The van der Waals surface area contributed by atoms with E-state index in [1.165, 1.54) is 13.2 Å². The van der Waals surface area contributed by atoms with E-state index in [1.807, 2.05) is 6.92 Å². The highest BCUT2D eigenvalue weighted by Gasteiger charge is 2.32. The van der Waals surface area contributed by atoms with Gasteiger partial charge < -0.3 is 24.2 Å². The zero-order valence-corrected chi connectivity index (χ0v) is 19.5. The third-order valence-electron chi connectivity index (χ3n) is 6.78. The quantitative estimate of drug-likeness (QED) is 0.622. The third kappa shape index (κ3) is 4.15. The number of benzene rings is 1. The van der Waals surface area contributed by atoms with Crippen LogP contribution in [-0.4, -0.2) is 60.1 Å². The smallest absolute Gasteiger partial charge is 0.261 e. The molecule has 3 atom stereocenters. The molecule has 176 valence electrons. The molecule has 33 heavy (non-hydrogen) atoms. The molecular weight excluding hydrogens is 425 g/mol. The number of anilines is 1. The maximum Gasteiger partial charge on any atom is 0.261 e. The maximum absolute atomic E-state index is 15.1. The number of aryl methyl sites for hydroxylation is 2. The van der Waals surface area contributed by atoms with Gasteiger partial charge >= 0.3 is 0 Å². The Hall–Kier alpha value is -2.78. The van der Waals surface area contributed by atoms with Crippen LogP contribution in [0.4, 0.5) is 10.2 Å². The lowest BCUT2D eigenvalue weighted by Gasteiger charge is -2.40. The topological polar surface area (TPSA) is 85.5 Å². The van der Waals surface area contributed by atoms with Gasteiger partial charge in [0, 0.05) is 42.7 Å². The molecule has 3 aromatic rings. The van der Waals surface area contributed by atoms with Crippen molar-refractivity contribution >= 4 is 16.7 Å². The maximum atomic E-state index is 15.1. The summed E-state index contributed by atoms with van der Waals surface area (Å²) in [5.74, 6) is 1.66. The van der Waals surface area contributed by atoms with Crippen LogP contribution in [0.15, 0.2) is 16.7 Å². The predicted octanol–water partition coefficient (Wildman–Crippen LogP) is 3.79. The molecule has 4 heterocycles. The monoisotopic (exact) mass is 455 g/mol. The van der Waals surface area contributed by atoms with Crippen molar-refractivity contribution < 1.29 is 18.4 Å². The predicted molar refractivity (Wildman–Crippen MR) is 123 cm³/mol. The molecule has 2 aliphatic rings. The number of halogens is 1. The fraction of sp³-hybridized carbons (Fsp3) is 0.542. The Morgan fingerprint density at radius 1 is 1.18 bits per heavy atom. The van der Waals surface area contributed by atoms with E-state index in [2.05, 4.69) is 27.3 Å². The Morgan fingerprint density at radius 3 is 2.70 bits per heavy atom. The summed E-state index contributed by atoms with van der Waals surface area (Å²) >= 11 is 0. The number of piperidine rings is 1. The van der Waals surface area contributed by atoms with Crippen molar-refractivity contribution in [3.05, 3.63) is 29.3 Å². The molecule has 2 aromatic heterocycles. The number of nitrogens with zero attached hydrogens (tertiary/aromatic N) is 4. The van der Waals surface area contributed by atoms with Gasteiger partial charge in [0.15, 0.2) is 11.6 Å². The van der Waals surface area contributed by atoms with E-state index in [-0.39, 0.29) is 6.04 Å². The van der Waals surface area contributed by atoms with Crippen LogP contribution in [0.3, 0.4) is 0 Å². The summed E-state index contributed by atoms with van der Waals surface area (Å²) in [6.07, 6.45) is 2.99. The molecule has 0 saturated carbocycles. The van der Waals surface area contributed by atoms with Crippen molar-refractivity contribution in [3.63, 3.8) is 0 Å². The van der Waals surface area contributed by atoms with E-state index in [0.717, 1.165) is 50.1 Å². The van der Waals surface area contributed by atoms with Gasteiger partial charge in [0.05, 0.1) is 19.3 Å². The summed E-state index contributed by atoms with van der Waals surface area (Å²) in [7, 11) is 1.53. The molecule has 0 radical (unpaired) electrons. The second-order valence-corrected chi connectivity index (χ2v) is 9.08. The van der Waals surface area contributed by atoms with Crippen LogP contribution in [0.1, 0.15) is 37.6 Å². The van der Waals surface area contributed by atoms with Crippen LogP contribution < -0.4 is 15.0 Å². The van der Waals surface area contributed by atoms with Crippen LogP contribution in [0.25, 0.3) is 22.4 Å². The third-order valence-corrected chi connectivity index (χ3v) is 6.78. The summed E-state index contributed by atoms with van der Waals surface area (Å²) in [5.41, 5.74) is 1.91. The van der Waals surface area contributed by atoms with E-state index in [9.17, 15) is 0 Å². The second kappa shape index (κ2) is 8.87. The number of hydrogen-bond acceptors (Lipinski definition) is 8. The zero-order valence-electron chi connectivity index (χ0n) is 19.5. The van der Waals surface area contributed by atoms with Gasteiger partial charge in [-0.1, -0.05) is 5.16 Å². The lowest BCUT2D eigenvalue weighted by molar-refractivity contribution is 0.185. The Labute approximate surface area is 192 Å². The number of methoxy groups -OCH3 is 1. The Kier molecular flexibility index (Phi) is 5.92. The average molecular weight is 456 g/mol. The summed E-state index contributed by atoms with van der Waals surface area (Å²) in [4.78, 5) is 11.6. The first-order chi connectivity index (χ1) is 15.9. The van der Waals surface area contributed by atoms with E-state index < -0.39 is 5.82 Å². The molecule has 9 heteroatoms. The summed E-state index contributed by atoms with van der Waals surface area (Å²) in [6, 6.07) is 4.22. The van der Waals surface area contributed by atoms with E-state index in [1.54, 1.807) is 13.0 Å². The number of hydrogen-bond donors (Lipinski definition) is 1. The molecule has 0 spiro atoms. The molecule has 1 aromatic carbocycles. The highest BCUT2D eigenvalue weighted by molar-refractivity contribution is 5.93. The zero-order chi connectivity index (χ0) is 23.1. The molecule has 0 aliphatic carbocycles. The number of ether oxygens (including phenoxy) is 2. The van der Waals surface area contributed by atoms with E-state index >= 15 is 4.39 Å². The minimum Gasteiger partial charge on any atom is -0.497 e. The first-order valence-electron chi connectivity index (χ1n) is 11.5. The highest BCUT2D eigenvalue weighted by atomic mass is 19.1. The van der Waals surface area contributed by atoms with Crippen LogP contribution in [-0.2, 0) is 4.74 Å². The fourth-order valence-electron chi connectivity index (χ4n) is 5.06. The van der Waals surface area contributed by atoms with Crippen LogP contribution >= 0.6 is 0 Å². The highest BCUT2D eigenvalue weighted by Crippen LogP contribution is 2.40. The first-order valence-corrected chi connectivity index (χ1v) is 11.5. The number of nitrogens with one attached hydrogen (secondary N) is 1. The van der Waals surface area contributed by atoms with Crippen molar-refractivity contribution in [2.75, 3.05) is 31.8 Å². The van der Waals surface area contributed by atoms with Gasteiger partial charge in [-0.2, -0.15) is 4.98 Å². The molecule has 1 unspecified atom stereocenters. The van der Waals surface area contributed by atoms with Crippen LogP contribution in [0, 0.1) is 19.7 Å². The van der Waals surface area contributed by atoms with Gasteiger partial charge in [-0.05, 0) is 51.7 Å².